The molecule has 114 valence electrons. The van der Waals surface area contributed by atoms with Crippen molar-refractivity contribution in [2.75, 3.05) is 0 Å². The molecular weight excluding hydrogens is 303 g/mol. The van der Waals surface area contributed by atoms with Gasteiger partial charge in [0, 0.05) is 5.56 Å². The number of rotatable bonds is 3. The Hall–Kier alpha value is -1.41. The monoisotopic (exact) mass is 310 g/mol. The van der Waals surface area contributed by atoms with Crippen molar-refractivity contribution in [1.29, 1.82) is 0 Å². The molecule has 9 heteroatoms. The third kappa shape index (κ3) is 2.71. The van der Waals surface area contributed by atoms with Crippen molar-refractivity contribution in [2.45, 2.75) is 31.4 Å². The van der Waals surface area contributed by atoms with Crippen LogP contribution in [0.4, 0.5) is 39.5 Å². The van der Waals surface area contributed by atoms with Gasteiger partial charge >= 0.3 is 18.0 Å². The molecule has 0 saturated carbocycles. The van der Waals surface area contributed by atoms with E-state index in [1.165, 1.54) is 0 Å². The fourth-order valence-electron chi connectivity index (χ4n) is 1.60. The van der Waals surface area contributed by atoms with Gasteiger partial charge in [-0.15, -0.1) is 0 Å². The quantitative estimate of drug-likeness (QED) is 0.696. The molecule has 20 heavy (non-hydrogen) atoms. The Bertz CT molecular complexity index is 436. The van der Waals surface area contributed by atoms with E-state index in [1.807, 2.05) is 0 Å². The summed E-state index contributed by atoms with van der Waals surface area (Å²) in [5.74, 6) is 0. The Labute approximate surface area is 107 Å². The summed E-state index contributed by atoms with van der Waals surface area (Å²) in [7, 11) is 0. The lowest BCUT2D eigenvalue weighted by Crippen LogP contribution is -2.50. The summed E-state index contributed by atoms with van der Waals surface area (Å²) in [5, 5.41) is 0. The van der Waals surface area contributed by atoms with Gasteiger partial charge in [0.2, 0.25) is 0 Å². The molecule has 0 unspecified atom stereocenters. The fraction of sp³-hybridized carbons (Fsp3) is 0.455. The van der Waals surface area contributed by atoms with Gasteiger partial charge in [-0.3, -0.25) is 0 Å². The second kappa shape index (κ2) is 5.17. The molecule has 0 radical (unpaired) electrons. The van der Waals surface area contributed by atoms with Crippen LogP contribution in [0.5, 0.6) is 0 Å². The van der Waals surface area contributed by atoms with Crippen LogP contribution >= 0.6 is 0 Å². The van der Waals surface area contributed by atoms with E-state index in [1.54, 1.807) is 0 Å². The predicted molar refractivity (Wildman–Crippen MR) is 51.0 cm³/mol. The van der Waals surface area contributed by atoms with Crippen LogP contribution < -0.4 is 0 Å². The Morgan fingerprint density at radius 3 is 1.25 bits per heavy atom. The standard InChI is InChI=1S/C11H7F9/c12-4-6-1-7(5-13)3-8(2-6)9(14,10(15,16)17)11(18,19)20/h1-3H,4-5H2. The number of alkyl halides is 9. The van der Waals surface area contributed by atoms with E-state index in [9.17, 15) is 39.5 Å². The Balaban J connectivity index is 3.58. The molecule has 0 spiro atoms. The number of benzene rings is 1. The summed E-state index contributed by atoms with van der Waals surface area (Å²) in [5.41, 5.74) is -8.92. The van der Waals surface area contributed by atoms with Crippen molar-refractivity contribution < 1.29 is 39.5 Å². The van der Waals surface area contributed by atoms with Gasteiger partial charge in [-0.25, -0.2) is 13.2 Å². The van der Waals surface area contributed by atoms with E-state index < -0.39 is 48.1 Å². The molecule has 0 N–H and O–H groups in total. The third-order valence-corrected chi connectivity index (χ3v) is 2.54. The molecule has 0 atom stereocenters. The molecule has 0 aromatic heterocycles. The zero-order chi connectivity index (χ0) is 15.8. The highest BCUT2D eigenvalue weighted by Crippen LogP contribution is 2.53. The molecule has 0 fully saturated rings. The average Bonchev–Trinajstić information content (AvgIpc) is 2.34. The minimum atomic E-state index is -6.31. The van der Waals surface area contributed by atoms with Gasteiger partial charge in [0.25, 0.3) is 0 Å². The molecular formula is C11H7F9. The molecule has 0 aliphatic heterocycles. The zero-order valence-electron chi connectivity index (χ0n) is 9.55. The van der Waals surface area contributed by atoms with Crippen LogP contribution in [0.2, 0.25) is 0 Å². The molecule has 0 heterocycles. The Morgan fingerprint density at radius 2 is 1.00 bits per heavy atom. The summed E-state index contributed by atoms with van der Waals surface area (Å²) in [4.78, 5) is 0. The molecule has 1 rings (SSSR count). The maximum Gasteiger partial charge on any atom is 0.435 e. The van der Waals surface area contributed by atoms with Crippen molar-refractivity contribution in [2.24, 2.45) is 0 Å². The smallest absolute Gasteiger partial charge is 0.246 e. The van der Waals surface area contributed by atoms with E-state index in [4.69, 9.17) is 0 Å². The highest BCUT2D eigenvalue weighted by molar-refractivity contribution is 5.35. The summed E-state index contributed by atoms with van der Waals surface area (Å²) in [6.07, 6.45) is -12.6. The normalized spacial score (nSPS) is 13.7. The first kappa shape index (κ1) is 16.6. The minimum Gasteiger partial charge on any atom is -0.246 e. The van der Waals surface area contributed by atoms with E-state index in [2.05, 4.69) is 0 Å². The van der Waals surface area contributed by atoms with Crippen molar-refractivity contribution >= 4 is 0 Å². The van der Waals surface area contributed by atoms with E-state index in [0.29, 0.717) is 0 Å². The molecule has 0 bridgehead atoms. The maximum atomic E-state index is 13.7. The predicted octanol–water partition coefficient (Wildman–Crippen LogP) is 4.92. The molecule has 0 aliphatic rings. The Kier molecular flexibility index (Phi) is 4.31. The first-order valence-electron chi connectivity index (χ1n) is 5.05. The zero-order valence-corrected chi connectivity index (χ0v) is 9.55. The molecule has 0 amide bonds. The van der Waals surface area contributed by atoms with Crippen LogP contribution in [0.1, 0.15) is 16.7 Å². The number of halogens is 9. The second-order valence-electron chi connectivity index (χ2n) is 3.96. The van der Waals surface area contributed by atoms with Gasteiger partial charge in [-0.2, -0.15) is 26.3 Å². The van der Waals surface area contributed by atoms with E-state index >= 15 is 0 Å². The van der Waals surface area contributed by atoms with Crippen LogP contribution in [0.25, 0.3) is 0 Å². The molecule has 0 aliphatic carbocycles. The summed E-state index contributed by atoms with van der Waals surface area (Å²) in [6, 6.07) is 0.886. The SMILES string of the molecule is FCc1cc(CF)cc(C(F)(C(F)(F)F)C(F)(F)F)c1. The van der Waals surface area contributed by atoms with Crippen LogP contribution in [0, 0.1) is 0 Å². The fourth-order valence-corrected chi connectivity index (χ4v) is 1.60. The minimum absolute atomic E-state index is 0.0835. The van der Waals surface area contributed by atoms with Crippen LogP contribution in [0.3, 0.4) is 0 Å². The van der Waals surface area contributed by atoms with E-state index in [-0.39, 0.29) is 12.1 Å². The summed E-state index contributed by atoms with van der Waals surface area (Å²) in [6.45, 7) is -2.90. The van der Waals surface area contributed by atoms with Gasteiger partial charge in [-0.05, 0) is 23.3 Å². The van der Waals surface area contributed by atoms with Crippen LogP contribution in [-0.4, -0.2) is 12.4 Å². The summed E-state index contributed by atoms with van der Waals surface area (Å²) < 4.78 is 113. The van der Waals surface area contributed by atoms with Crippen molar-refractivity contribution in [3.63, 3.8) is 0 Å². The van der Waals surface area contributed by atoms with Gasteiger partial charge in [0.05, 0.1) is 0 Å². The highest BCUT2D eigenvalue weighted by atomic mass is 19.4. The molecule has 1 aromatic carbocycles. The van der Waals surface area contributed by atoms with Crippen LogP contribution in [-0.2, 0) is 19.0 Å². The lowest BCUT2D eigenvalue weighted by atomic mass is 9.91. The van der Waals surface area contributed by atoms with Gasteiger partial charge in [0.1, 0.15) is 13.3 Å². The maximum absolute atomic E-state index is 13.7. The first-order valence-corrected chi connectivity index (χ1v) is 5.05. The molecule has 1 aromatic rings. The van der Waals surface area contributed by atoms with Gasteiger partial charge < -0.3 is 0 Å². The number of hydrogen-bond donors (Lipinski definition) is 0. The topological polar surface area (TPSA) is 0 Å². The van der Waals surface area contributed by atoms with Gasteiger partial charge in [-0.1, -0.05) is 6.07 Å². The average molecular weight is 310 g/mol. The first-order chi connectivity index (χ1) is 8.97. The third-order valence-electron chi connectivity index (χ3n) is 2.54. The number of hydrogen-bond acceptors (Lipinski definition) is 0. The highest BCUT2D eigenvalue weighted by Gasteiger charge is 2.73. The van der Waals surface area contributed by atoms with Crippen molar-refractivity contribution in [3.8, 4) is 0 Å². The molecule has 0 saturated heterocycles. The van der Waals surface area contributed by atoms with Crippen molar-refractivity contribution in [1.82, 2.24) is 0 Å². The van der Waals surface area contributed by atoms with Gasteiger partial charge in [0.15, 0.2) is 0 Å². The summed E-state index contributed by atoms with van der Waals surface area (Å²) >= 11 is 0. The van der Waals surface area contributed by atoms with Crippen molar-refractivity contribution in [3.05, 3.63) is 34.9 Å². The second-order valence-corrected chi connectivity index (χ2v) is 3.96. The van der Waals surface area contributed by atoms with E-state index in [0.717, 1.165) is 6.07 Å². The molecule has 0 nitrogen and oxygen atoms in total. The van der Waals surface area contributed by atoms with Crippen LogP contribution in [0.15, 0.2) is 18.2 Å². The largest absolute Gasteiger partial charge is 0.435 e. The lowest BCUT2D eigenvalue weighted by Gasteiger charge is -2.30. The lowest BCUT2D eigenvalue weighted by molar-refractivity contribution is -0.348. The Morgan fingerprint density at radius 1 is 0.650 bits per heavy atom.